The third-order valence-corrected chi connectivity index (χ3v) is 1.50. The van der Waals surface area contributed by atoms with Gasteiger partial charge in [0.25, 0.3) is 0 Å². The van der Waals surface area contributed by atoms with E-state index in [0.717, 1.165) is 0 Å². The molecule has 1 amide bonds. The fourth-order valence-corrected chi connectivity index (χ4v) is 0.766. The Hall–Kier alpha value is -1.10. The molecule has 0 heterocycles. The average molecular weight is 188 g/mol. The van der Waals surface area contributed by atoms with Crippen LogP contribution in [0.15, 0.2) is 0 Å². The number of amides is 1. The highest BCUT2D eigenvalue weighted by molar-refractivity contribution is 5.80. The number of ether oxygens (including phenoxy) is 1. The van der Waals surface area contributed by atoms with E-state index < -0.39 is 6.04 Å². The van der Waals surface area contributed by atoms with Crippen LogP contribution in [0.25, 0.3) is 0 Å². The van der Waals surface area contributed by atoms with Gasteiger partial charge >= 0.3 is 5.97 Å². The molecule has 0 bridgehead atoms. The molecule has 0 aliphatic carbocycles. The zero-order chi connectivity index (χ0) is 10.3. The Morgan fingerprint density at radius 1 is 1.46 bits per heavy atom. The molecular formula is C8H16N2O3. The summed E-state index contributed by atoms with van der Waals surface area (Å²) in [4.78, 5) is 21.8. The summed E-state index contributed by atoms with van der Waals surface area (Å²) in [5.74, 6) is -0.498. The Balaban J connectivity index is 3.63. The Labute approximate surface area is 77.8 Å². The Bertz CT molecular complexity index is 182. The summed E-state index contributed by atoms with van der Waals surface area (Å²) in [6, 6.07) is -0.451. The number of hydrogen-bond acceptors (Lipinski definition) is 4. The molecule has 0 saturated carbocycles. The monoisotopic (exact) mass is 188 g/mol. The highest BCUT2D eigenvalue weighted by Crippen LogP contribution is 1.84. The molecule has 2 N–H and O–H groups in total. The SMILES string of the molecule is CCNC(=O)CNC(C)C(=O)OC. The zero-order valence-electron chi connectivity index (χ0n) is 8.22. The number of rotatable bonds is 5. The lowest BCUT2D eigenvalue weighted by atomic mass is 10.3. The van der Waals surface area contributed by atoms with Crippen LogP contribution in [0.5, 0.6) is 0 Å². The zero-order valence-corrected chi connectivity index (χ0v) is 8.22. The van der Waals surface area contributed by atoms with Gasteiger partial charge in [0.1, 0.15) is 6.04 Å². The maximum atomic E-state index is 10.9. The summed E-state index contributed by atoms with van der Waals surface area (Å²) in [7, 11) is 1.31. The number of carbonyl (C=O) groups is 2. The lowest BCUT2D eigenvalue weighted by molar-refractivity contribution is -0.142. The van der Waals surface area contributed by atoms with E-state index in [4.69, 9.17) is 0 Å². The van der Waals surface area contributed by atoms with Gasteiger partial charge in [0, 0.05) is 6.54 Å². The van der Waals surface area contributed by atoms with E-state index in [2.05, 4.69) is 15.4 Å². The molecule has 0 aromatic rings. The Morgan fingerprint density at radius 3 is 2.54 bits per heavy atom. The molecule has 0 radical (unpaired) electrons. The number of esters is 1. The third-order valence-electron chi connectivity index (χ3n) is 1.50. The van der Waals surface area contributed by atoms with Crippen molar-refractivity contribution in [2.75, 3.05) is 20.2 Å². The van der Waals surface area contributed by atoms with Crippen molar-refractivity contribution in [3.63, 3.8) is 0 Å². The molecule has 0 saturated heterocycles. The van der Waals surface area contributed by atoms with Gasteiger partial charge in [-0.05, 0) is 13.8 Å². The molecule has 0 spiro atoms. The van der Waals surface area contributed by atoms with Gasteiger partial charge in [-0.15, -0.1) is 0 Å². The van der Waals surface area contributed by atoms with Crippen LogP contribution in [0.2, 0.25) is 0 Å². The second-order valence-corrected chi connectivity index (χ2v) is 2.58. The molecule has 1 atom stereocenters. The van der Waals surface area contributed by atoms with Crippen molar-refractivity contribution in [1.29, 1.82) is 0 Å². The minimum Gasteiger partial charge on any atom is -0.468 e. The van der Waals surface area contributed by atoms with Gasteiger partial charge < -0.3 is 10.1 Å². The summed E-state index contributed by atoms with van der Waals surface area (Å²) in [6.07, 6.45) is 0. The normalized spacial score (nSPS) is 11.9. The van der Waals surface area contributed by atoms with E-state index in [1.807, 2.05) is 6.92 Å². The van der Waals surface area contributed by atoms with Crippen molar-refractivity contribution in [2.45, 2.75) is 19.9 Å². The van der Waals surface area contributed by atoms with E-state index in [0.29, 0.717) is 6.54 Å². The third kappa shape index (κ3) is 5.19. The van der Waals surface area contributed by atoms with Crippen LogP contribution in [0, 0.1) is 0 Å². The predicted molar refractivity (Wildman–Crippen MR) is 48.2 cm³/mol. The Morgan fingerprint density at radius 2 is 2.08 bits per heavy atom. The van der Waals surface area contributed by atoms with Crippen molar-refractivity contribution >= 4 is 11.9 Å². The van der Waals surface area contributed by atoms with Crippen LogP contribution < -0.4 is 10.6 Å². The summed E-state index contributed by atoms with van der Waals surface area (Å²) in [6.45, 7) is 4.20. The van der Waals surface area contributed by atoms with Crippen LogP contribution in [0.4, 0.5) is 0 Å². The Kier molecular flexibility index (Phi) is 5.88. The lowest BCUT2D eigenvalue weighted by Crippen LogP contribution is -2.41. The summed E-state index contributed by atoms with van der Waals surface area (Å²) < 4.78 is 4.47. The smallest absolute Gasteiger partial charge is 0.322 e. The van der Waals surface area contributed by atoms with E-state index in [1.54, 1.807) is 6.92 Å². The molecule has 5 nitrogen and oxygen atoms in total. The fraction of sp³-hybridized carbons (Fsp3) is 0.750. The first-order valence-electron chi connectivity index (χ1n) is 4.19. The number of likely N-dealkylation sites (N-methyl/N-ethyl adjacent to an activating group) is 1. The molecule has 0 aromatic carbocycles. The van der Waals surface area contributed by atoms with Crippen molar-refractivity contribution in [3.8, 4) is 0 Å². The molecule has 0 aromatic heterocycles. The molecule has 13 heavy (non-hydrogen) atoms. The topological polar surface area (TPSA) is 67.4 Å². The largest absolute Gasteiger partial charge is 0.468 e. The lowest BCUT2D eigenvalue weighted by Gasteiger charge is -2.10. The fourth-order valence-electron chi connectivity index (χ4n) is 0.766. The van der Waals surface area contributed by atoms with E-state index >= 15 is 0 Å². The van der Waals surface area contributed by atoms with Crippen molar-refractivity contribution in [1.82, 2.24) is 10.6 Å². The molecule has 0 aliphatic heterocycles. The van der Waals surface area contributed by atoms with Crippen molar-refractivity contribution < 1.29 is 14.3 Å². The van der Waals surface area contributed by atoms with Crippen LogP contribution >= 0.6 is 0 Å². The second kappa shape index (κ2) is 6.42. The van der Waals surface area contributed by atoms with Crippen LogP contribution in [-0.2, 0) is 14.3 Å². The maximum absolute atomic E-state index is 10.9. The highest BCUT2D eigenvalue weighted by Gasteiger charge is 2.12. The quantitative estimate of drug-likeness (QED) is 0.558. The van der Waals surface area contributed by atoms with Crippen molar-refractivity contribution in [3.05, 3.63) is 0 Å². The first-order chi connectivity index (χ1) is 6.11. The van der Waals surface area contributed by atoms with Gasteiger partial charge in [-0.2, -0.15) is 0 Å². The van der Waals surface area contributed by atoms with Gasteiger partial charge in [-0.1, -0.05) is 0 Å². The predicted octanol–water partition coefficient (Wildman–Crippen LogP) is -0.726. The molecule has 0 aliphatic rings. The minimum atomic E-state index is -0.451. The van der Waals surface area contributed by atoms with E-state index in [1.165, 1.54) is 7.11 Å². The average Bonchev–Trinajstić information content (AvgIpc) is 2.13. The summed E-state index contributed by atoms with van der Waals surface area (Å²) in [5.41, 5.74) is 0. The number of methoxy groups -OCH3 is 1. The molecular weight excluding hydrogens is 172 g/mol. The van der Waals surface area contributed by atoms with E-state index in [-0.39, 0.29) is 18.4 Å². The molecule has 76 valence electrons. The maximum Gasteiger partial charge on any atom is 0.322 e. The molecule has 1 unspecified atom stereocenters. The second-order valence-electron chi connectivity index (χ2n) is 2.58. The van der Waals surface area contributed by atoms with Crippen LogP contribution in [0.1, 0.15) is 13.8 Å². The number of hydrogen-bond donors (Lipinski definition) is 2. The number of nitrogens with one attached hydrogen (secondary N) is 2. The van der Waals surface area contributed by atoms with Gasteiger partial charge in [0.05, 0.1) is 13.7 Å². The molecule has 5 heteroatoms. The minimum absolute atomic E-state index is 0.127. The van der Waals surface area contributed by atoms with Gasteiger partial charge in [0.2, 0.25) is 5.91 Å². The van der Waals surface area contributed by atoms with Gasteiger partial charge in [0.15, 0.2) is 0 Å². The summed E-state index contributed by atoms with van der Waals surface area (Å²) in [5, 5.41) is 5.34. The highest BCUT2D eigenvalue weighted by atomic mass is 16.5. The molecule has 0 rings (SSSR count). The van der Waals surface area contributed by atoms with Gasteiger partial charge in [-0.25, -0.2) is 0 Å². The first-order valence-corrected chi connectivity index (χ1v) is 4.19. The molecule has 0 fully saturated rings. The summed E-state index contributed by atoms with van der Waals surface area (Å²) >= 11 is 0. The standard InChI is InChI=1S/C8H16N2O3/c1-4-9-7(11)5-10-6(2)8(12)13-3/h6,10H,4-5H2,1-3H3,(H,9,11). The van der Waals surface area contributed by atoms with Crippen LogP contribution in [0.3, 0.4) is 0 Å². The van der Waals surface area contributed by atoms with Crippen molar-refractivity contribution in [2.24, 2.45) is 0 Å². The van der Waals surface area contributed by atoms with Crippen LogP contribution in [-0.4, -0.2) is 38.1 Å². The van der Waals surface area contributed by atoms with E-state index in [9.17, 15) is 9.59 Å². The van der Waals surface area contributed by atoms with Gasteiger partial charge in [-0.3, -0.25) is 14.9 Å². The number of carbonyl (C=O) groups excluding carboxylic acids is 2. The first kappa shape index (κ1) is 11.9.